The highest BCUT2D eigenvalue weighted by Crippen LogP contribution is 2.51. The second-order valence-corrected chi connectivity index (χ2v) is 7.57. The molecule has 0 saturated heterocycles. The third-order valence-corrected chi connectivity index (χ3v) is 5.38. The number of hydrogen-bond donors (Lipinski definition) is 0. The molecular formula is C14H27Cl. The number of alkyl halides is 1. The molecule has 1 saturated carbocycles. The van der Waals surface area contributed by atoms with Crippen LogP contribution in [-0.2, 0) is 0 Å². The van der Waals surface area contributed by atoms with Gasteiger partial charge in [-0.3, -0.25) is 0 Å². The zero-order valence-electron chi connectivity index (χ0n) is 11.2. The van der Waals surface area contributed by atoms with Crippen LogP contribution in [0.25, 0.3) is 0 Å². The molecule has 1 heteroatoms. The van der Waals surface area contributed by atoms with Crippen LogP contribution in [0.3, 0.4) is 0 Å². The Labute approximate surface area is 101 Å². The van der Waals surface area contributed by atoms with Gasteiger partial charge in [-0.2, -0.15) is 0 Å². The topological polar surface area (TPSA) is 0 Å². The molecule has 90 valence electrons. The Morgan fingerprint density at radius 2 is 1.53 bits per heavy atom. The molecule has 1 aliphatic rings. The number of hydrogen-bond acceptors (Lipinski definition) is 0. The van der Waals surface area contributed by atoms with Crippen LogP contribution in [0.15, 0.2) is 0 Å². The fourth-order valence-electron chi connectivity index (χ4n) is 2.68. The minimum absolute atomic E-state index is 0.333. The molecule has 0 radical (unpaired) electrons. The molecule has 0 heterocycles. The summed E-state index contributed by atoms with van der Waals surface area (Å²) in [6, 6.07) is 0. The summed E-state index contributed by atoms with van der Waals surface area (Å²) in [6.45, 7) is 14.1. The molecule has 1 rings (SSSR count). The summed E-state index contributed by atoms with van der Waals surface area (Å²) in [5.74, 6) is 1.50. The van der Waals surface area contributed by atoms with Gasteiger partial charge in [0.1, 0.15) is 0 Å². The maximum absolute atomic E-state index is 6.57. The van der Waals surface area contributed by atoms with Gasteiger partial charge in [0.15, 0.2) is 0 Å². The van der Waals surface area contributed by atoms with Crippen molar-refractivity contribution in [1.82, 2.24) is 0 Å². The SMILES string of the molecule is CC1CCC(C(C)(C)C(C)(C)C)C(Cl)C1. The van der Waals surface area contributed by atoms with Crippen LogP contribution < -0.4 is 0 Å². The van der Waals surface area contributed by atoms with Gasteiger partial charge in [-0.15, -0.1) is 11.6 Å². The van der Waals surface area contributed by atoms with Crippen molar-refractivity contribution in [3.8, 4) is 0 Å². The molecular weight excluding hydrogens is 204 g/mol. The molecule has 0 amide bonds. The van der Waals surface area contributed by atoms with E-state index in [1.165, 1.54) is 19.3 Å². The van der Waals surface area contributed by atoms with Gasteiger partial charge in [-0.1, -0.05) is 48.0 Å². The number of rotatable bonds is 1. The molecule has 0 aromatic carbocycles. The minimum atomic E-state index is 0.333. The maximum Gasteiger partial charge on any atom is 0.0372 e. The Bertz CT molecular complexity index is 212. The number of halogens is 1. The predicted octanol–water partition coefficient (Wildman–Crippen LogP) is 5.10. The third kappa shape index (κ3) is 2.70. The van der Waals surface area contributed by atoms with E-state index in [1.807, 2.05) is 0 Å². The van der Waals surface area contributed by atoms with E-state index in [-0.39, 0.29) is 0 Å². The van der Waals surface area contributed by atoms with Crippen LogP contribution in [0, 0.1) is 22.7 Å². The molecule has 0 N–H and O–H groups in total. The summed E-state index contributed by atoms with van der Waals surface area (Å²) in [6.07, 6.45) is 3.86. The van der Waals surface area contributed by atoms with Crippen LogP contribution in [0.5, 0.6) is 0 Å². The van der Waals surface area contributed by atoms with Crippen molar-refractivity contribution in [2.24, 2.45) is 22.7 Å². The van der Waals surface area contributed by atoms with Crippen molar-refractivity contribution in [2.45, 2.75) is 66.2 Å². The van der Waals surface area contributed by atoms with Crippen LogP contribution >= 0.6 is 11.6 Å². The van der Waals surface area contributed by atoms with Crippen LogP contribution in [0.2, 0.25) is 0 Å². The monoisotopic (exact) mass is 230 g/mol. The summed E-state index contributed by atoms with van der Waals surface area (Å²) in [5, 5.41) is 0.378. The molecule has 0 spiro atoms. The van der Waals surface area contributed by atoms with Crippen LogP contribution in [0.4, 0.5) is 0 Å². The highest BCUT2D eigenvalue weighted by Gasteiger charge is 2.44. The van der Waals surface area contributed by atoms with Gasteiger partial charge in [0.2, 0.25) is 0 Å². The molecule has 1 fully saturated rings. The normalized spacial score (nSPS) is 34.2. The molecule has 0 bridgehead atoms. The summed E-state index contributed by atoms with van der Waals surface area (Å²) in [5.41, 5.74) is 0.672. The van der Waals surface area contributed by atoms with Crippen molar-refractivity contribution in [2.75, 3.05) is 0 Å². The first-order valence-corrected chi connectivity index (χ1v) is 6.74. The average molecular weight is 231 g/mol. The van der Waals surface area contributed by atoms with Gasteiger partial charge in [-0.05, 0) is 35.5 Å². The lowest BCUT2D eigenvalue weighted by Crippen LogP contribution is -2.43. The highest BCUT2D eigenvalue weighted by atomic mass is 35.5. The third-order valence-electron chi connectivity index (χ3n) is 4.89. The second kappa shape index (κ2) is 4.28. The van der Waals surface area contributed by atoms with Gasteiger partial charge in [0.25, 0.3) is 0 Å². The van der Waals surface area contributed by atoms with Crippen molar-refractivity contribution in [3.63, 3.8) is 0 Å². The van der Waals surface area contributed by atoms with Crippen LogP contribution in [-0.4, -0.2) is 5.38 Å². The Balaban J connectivity index is 2.79. The first-order valence-electron chi connectivity index (χ1n) is 6.30. The molecule has 0 aliphatic heterocycles. The largest absolute Gasteiger partial charge is 0.123 e. The first-order chi connectivity index (χ1) is 6.66. The predicted molar refractivity (Wildman–Crippen MR) is 69.4 cm³/mol. The standard InChI is InChI=1S/C14H27Cl/c1-10-7-8-11(12(15)9-10)14(5,6)13(2,3)4/h10-12H,7-9H2,1-6H3. The van der Waals surface area contributed by atoms with Crippen molar-refractivity contribution in [1.29, 1.82) is 0 Å². The highest BCUT2D eigenvalue weighted by molar-refractivity contribution is 6.20. The summed E-state index contributed by atoms with van der Waals surface area (Å²) in [4.78, 5) is 0. The summed E-state index contributed by atoms with van der Waals surface area (Å²) in [7, 11) is 0. The lowest BCUT2D eigenvalue weighted by molar-refractivity contribution is 0.0280. The Hall–Kier alpha value is 0.290. The van der Waals surface area contributed by atoms with Gasteiger partial charge >= 0.3 is 0 Å². The van der Waals surface area contributed by atoms with E-state index < -0.39 is 0 Å². The molecule has 0 aromatic heterocycles. The smallest absolute Gasteiger partial charge is 0.0372 e. The van der Waals surface area contributed by atoms with Gasteiger partial charge in [0.05, 0.1) is 0 Å². The van der Waals surface area contributed by atoms with Crippen molar-refractivity contribution in [3.05, 3.63) is 0 Å². The van der Waals surface area contributed by atoms with Crippen molar-refractivity contribution < 1.29 is 0 Å². The molecule has 0 aromatic rings. The van der Waals surface area contributed by atoms with E-state index in [4.69, 9.17) is 11.6 Å². The molecule has 0 nitrogen and oxygen atoms in total. The van der Waals surface area contributed by atoms with E-state index in [9.17, 15) is 0 Å². The molecule has 15 heavy (non-hydrogen) atoms. The molecule has 1 aliphatic carbocycles. The van der Waals surface area contributed by atoms with Crippen LogP contribution in [0.1, 0.15) is 60.8 Å². The lowest BCUT2D eigenvalue weighted by Gasteiger charge is -2.49. The lowest BCUT2D eigenvalue weighted by atomic mass is 9.58. The minimum Gasteiger partial charge on any atom is -0.123 e. The fourth-order valence-corrected chi connectivity index (χ4v) is 3.43. The first kappa shape index (κ1) is 13.4. The van der Waals surface area contributed by atoms with E-state index in [0.717, 1.165) is 5.92 Å². The quantitative estimate of drug-likeness (QED) is 0.550. The van der Waals surface area contributed by atoms with Crippen molar-refractivity contribution >= 4 is 11.6 Å². The van der Waals surface area contributed by atoms with Gasteiger partial charge in [0, 0.05) is 5.38 Å². The Morgan fingerprint density at radius 1 is 1.00 bits per heavy atom. The Kier molecular flexibility index (Phi) is 3.81. The Morgan fingerprint density at radius 3 is 1.93 bits per heavy atom. The summed E-state index contributed by atoms with van der Waals surface area (Å²) >= 11 is 6.57. The maximum atomic E-state index is 6.57. The van der Waals surface area contributed by atoms with E-state index >= 15 is 0 Å². The molecule has 3 unspecified atom stereocenters. The fraction of sp³-hybridized carbons (Fsp3) is 1.00. The molecule has 3 atom stereocenters. The average Bonchev–Trinajstić information content (AvgIpc) is 2.00. The zero-order chi connectivity index (χ0) is 11.9. The second-order valence-electron chi connectivity index (χ2n) is 7.01. The summed E-state index contributed by atoms with van der Waals surface area (Å²) < 4.78 is 0. The van der Waals surface area contributed by atoms with Gasteiger partial charge in [-0.25, -0.2) is 0 Å². The van der Waals surface area contributed by atoms with Gasteiger partial charge < -0.3 is 0 Å². The van der Waals surface area contributed by atoms with E-state index in [2.05, 4.69) is 41.5 Å². The zero-order valence-corrected chi connectivity index (χ0v) is 12.0. The van der Waals surface area contributed by atoms with E-state index in [0.29, 0.717) is 22.1 Å². The van der Waals surface area contributed by atoms with E-state index in [1.54, 1.807) is 0 Å².